The Morgan fingerprint density at radius 2 is 1.85 bits per heavy atom. The summed E-state index contributed by atoms with van der Waals surface area (Å²) in [4.78, 5) is 11.3. The number of carbonyl (C=O) groups is 1. The van der Waals surface area contributed by atoms with Crippen LogP contribution in [0, 0.1) is 5.41 Å². The standard InChI is InChI=1S/C13H26N2O4S/c1-4-8-14(9-5-2)20(18,19)15-10-6-7-13(3,11-15)12(16)17/h4-11H2,1-3H3,(H,16,17). The average molecular weight is 306 g/mol. The molecular formula is C13H26N2O4S. The van der Waals surface area contributed by atoms with Crippen molar-refractivity contribution in [3.63, 3.8) is 0 Å². The van der Waals surface area contributed by atoms with Crippen LogP contribution in [0.1, 0.15) is 46.5 Å². The highest BCUT2D eigenvalue weighted by atomic mass is 32.2. The molecule has 0 aromatic carbocycles. The Balaban J connectivity index is 2.93. The molecule has 0 radical (unpaired) electrons. The van der Waals surface area contributed by atoms with Crippen LogP contribution in [0.5, 0.6) is 0 Å². The largest absolute Gasteiger partial charge is 0.481 e. The molecule has 0 aromatic rings. The van der Waals surface area contributed by atoms with Crippen LogP contribution >= 0.6 is 0 Å². The van der Waals surface area contributed by atoms with Gasteiger partial charge in [-0.25, -0.2) is 0 Å². The van der Waals surface area contributed by atoms with E-state index in [0.717, 1.165) is 12.8 Å². The van der Waals surface area contributed by atoms with Crippen LogP contribution in [-0.4, -0.2) is 54.3 Å². The predicted molar refractivity (Wildman–Crippen MR) is 77.6 cm³/mol. The number of carboxylic acid groups (broad SMARTS) is 1. The smallest absolute Gasteiger partial charge is 0.310 e. The summed E-state index contributed by atoms with van der Waals surface area (Å²) < 4.78 is 28.1. The Hall–Kier alpha value is -0.660. The second kappa shape index (κ2) is 6.87. The van der Waals surface area contributed by atoms with Gasteiger partial charge in [0, 0.05) is 26.2 Å². The quantitative estimate of drug-likeness (QED) is 0.774. The second-order valence-electron chi connectivity index (χ2n) is 5.71. The lowest BCUT2D eigenvalue weighted by Gasteiger charge is -2.39. The number of rotatable bonds is 7. The highest BCUT2D eigenvalue weighted by molar-refractivity contribution is 7.86. The summed E-state index contributed by atoms with van der Waals surface area (Å²) >= 11 is 0. The molecule has 0 aromatic heterocycles. The van der Waals surface area contributed by atoms with Gasteiger partial charge in [-0.1, -0.05) is 13.8 Å². The number of carboxylic acids is 1. The zero-order valence-corrected chi connectivity index (χ0v) is 13.4. The Kier molecular flexibility index (Phi) is 5.97. The van der Waals surface area contributed by atoms with E-state index in [1.807, 2.05) is 13.8 Å². The van der Waals surface area contributed by atoms with Gasteiger partial charge in [0.15, 0.2) is 0 Å². The van der Waals surface area contributed by atoms with Crippen molar-refractivity contribution in [1.82, 2.24) is 8.61 Å². The van der Waals surface area contributed by atoms with Crippen molar-refractivity contribution in [2.24, 2.45) is 5.41 Å². The van der Waals surface area contributed by atoms with E-state index in [1.54, 1.807) is 6.92 Å². The molecule has 0 bridgehead atoms. The highest BCUT2D eigenvalue weighted by Gasteiger charge is 2.42. The molecule has 1 aliphatic heterocycles. The van der Waals surface area contributed by atoms with Crippen molar-refractivity contribution in [1.29, 1.82) is 0 Å². The van der Waals surface area contributed by atoms with Gasteiger partial charge in [-0.2, -0.15) is 17.0 Å². The Labute approximate surface area is 121 Å². The molecule has 1 unspecified atom stereocenters. The Morgan fingerprint density at radius 3 is 2.30 bits per heavy atom. The van der Waals surface area contributed by atoms with Crippen LogP contribution in [0.4, 0.5) is 0 Å². The molecule has 7 heteroatoms. The van der Waals surface area contributed by atoms with E-state index in [4.69, 9.17) is 0 Å². The highest BCUT2D eigenvalue weighted by Crippen LogP contribution is 2.31. The molecule has 1 N–H and O–H groups in total. The fourth-order valence-electron chi connectivity index (χ4n) is 2.57. The van der Waals surface area contributed by atoms with Crippen molar-refractivity contribution < 1.29 is 18.3 Å². The first-order chi connectivity index (χ1) is 9.28. The summed E-state index contributed by atoms with van der Waals surface area (Å²) in [5.74, 6) is -0.921. The van der Waals surface area contributed by atoms with Crippen LogP contribution < -0.4 is 0 Å². The van der Waals surface area contributed by atoms with Crippen molar-refractivity contribution in [2.75, 3.05) is 26.2 Å². The van der Waals surface area contributed by atoms with Gasteiger partial charge in [-0.3, -0.25) is 4.79 Å². The summed E-state index contributed by atoms with van der Waals surface area (Å²) in [6.45, 7) is 6.95. The summed E-state index contributed by atoms with van der Waals surface area (Å²) in [6.07, 6.45) is 2.62. The molecular weight excluding hydrogens is 280 g/mol. The molecule has 6 nitrogen and oxygen atoms in total. The third-order valence-corrected chi connectivity index (χ3v) is 5.76. The van der Waals surface area contributed by atoms with Crippen LogP contribution in [0.2, 0.25) is 0 Å². The fraction of sp³-hybridized carbons (Fsp3) is 0.923. The monoisotopic (exact) mass is 306 g/mol. The molecule has 0 spiro atoms. The molecule has 1 saturated heterocycles. The average Bonchev–Trinajstić information content (AvgIpc) is 2.38. The van der Waals surface area contributed by atoms with Crippen molar-refractivity contribution >= 4 is 16.2 Å². The number of hydrogen-bond donors (Lipinski definition) is 1. The van der Waals surface area contributed by atoms with E-state index in [2.05, 4.69) is 0 Å². The minimum Gasteiger partial charge on any atom is -0.481 e. The van der Waals surface area contributed by atoms with Gasteiger partial charge >= 0.3 is 5.97 Å². The lowest BCUT2D eigenvalue weighted by molar-refractivity contribution is -0.150. The molecule has 1 aliphatic rings. The first-order valence-corrected chi connectivity index (χ1v) is 8.66. The lowest BCUT2D eigenvalue weighted by Crippen LogP contribution is -2.53. The van der Waals surface area contributed by atoms with E-state index in [1.165, 1.54) is 8.61 Å². The summed E-state index contributed by atoms with van der Waals surface area (Å²) in [6, 6.07) is 0. The maximum atomic E-state index is 12.6. The van der Waals surface area contributed by atoms with Crippen molar-refractivity contribution in [3.8, 4) is 0 Å². The lowest BCUT2D eigenvalue weighted by atomic mass is 9.83. The molecule has 0 saturated carbocycles. The molecule has 118 valence electrons. The summed E-state index contributed by atoms with van der Waals surface area (Å²) in [7, 11) is -3.55. The first kappa shape index (κ1) is 17.4. The fourth-order valence-corrected chi connectivity index (χ4v) is 4.53. The molecule has 1 rings (SSSR count). The van der Waals surface area contributed by atoms with Crippen LogP contribution in [0.25, 0.3) is 0 Å². The topological polar surface area (TPSA) is 77.9 Å². The number of nitrogens with zero attached hydrogens (tertiary/aromatic N) is 2. The minimum absolute atomic E-state index is 0.0641. The van der Waals surface area contributed by atoms with Crippen molar-refractivity contribution in [2.45, 2.75) is 46.5 Å². The van der Waals surface area contributed by atoms with Crippen LogP contribution in [-0.2, 0) is 15.0 Å². The molecule has 1 fully saturated rings. The number of piperidine rings is 1. The zero-order chi connectivity index (χ0) is 15.4. The zero-order valence-electron chi connectivity index (χ0n) is 12.6. The normalized spacial score (nSPS) is 25.0. The SMILES string of the molecule is CCCN(CCC)S(=O)(=O)N1CCCC(C)(C(=O)O)C1. The summed E-state index contributed by atoms with van der Waals surface area (Å²) in [5.41, 5.74) is -0.977. The molecule has 0 amide bonds. The number of aliphatic carboxylic acids is 1. The predicted octanol–water partition coefficient (Wildman–Crippen LogP) is 1.54. The Bertz CT molecular complexity index is 432. The van der Waals surface area contributed by atoms with Gasteiger partial charge in [0.05, 0.1) is 5.41 Å². The molecule has 1 atom stereocenters. The molecule has 20 heavy (non-hydrogen) atoms. The van der Waals surface area contributed by atoms with E-state index in [-0.39, 0.29) is 6.54 Å². The van der Waals surface area contributed by atoms with E-state index in [9.17, 15) is 18.3 Å². The van der Waals surface area contributed by atoms with Gasteiger partial charge in [-0.05, 0) is 32.6 Å². The third-order valence-electron chi connectivity index (χ3n) is 3.78. The van der Waals surface area contributed by atoms with E-state index >= 15 is 0 Å². The third kappa shape index (κ3) is 3.71. The molecule has 1 heterocycles. The summed E-state index contributed by atoms with van der Waals surface area (Å²) in [5, 5.41) is 9.29. The van der Waals surface area contributed by atoms with Crippen LogP contribution in [0.3, 0.4) is 0 Å². The maximum absolute atomic E-state index is 12.6. The van der Waals surface area contributed by atoms with Crippen LogP contribution in [0.15, 0.2) is 0 Å². The van der Waals surface area contributed by atoms with Gasteiger partial charge in [0.2, 0.25) is 0 Å². The van der Waals surface area contributed by atoms with Crippen molar-refractivity contribution in [3.05, 3.63) is 0 Å². The molecule has 0 aliphatic carbocycles. The van der Waals surface area contributed by atoms with E-state index in [0.29, 0.717) is 32.5 Å². The maximum Gasteiger partial charge on any atom is 0.310 e. The van der Waals surface area contributed by atoms with Gasteiger partial charge in [0.1, 0.15) is 0 Å². The second-order valence-corrected chi connectivity index (χ2v) is 7.64. The first-order valence-electron chi connectivity index (χ1n) is 7.26. The van der Waals surface area contributed by atoms with E-state index < -0.39 is 21.6 Å². The number of hydrogen-bond acceptors (Lipinski definition) is 3. The van der Waals surface area contributed by atoms with Gasteiger partial charge in [0.25, 0.3) is 10.2 Å². The minimum atomic E-state index is -3.55. The van der Waals surface area contributed by atoms with Gasteiger partial charge < -0.3 is 5.11 Å². The Morgan fingerprint density at radius 1 is 1.30 bits per heavy atom. The van der Waals surface area contributed by atoms with Gasteiger partial charge in [-0.15, -0.1) is 0 Å².